The van der Waals surface area contributed by atoms with Gasteiger partial charge in [-0.1, -0.05) is 59.9 Å². The summed E-state index contributed by atoms with van der Waals surface area (Å²) in [5.74, 6) is 1.46. The first-order valence-corrected chi connectivity index (χ1v) is 9.36. The molecule has 1 aromatic heterocycles. The van der Waals surface area contributed by atoms with E-state index in [9.17, 15) is 4.79 Å². The number of H-pyrrole nitrogens is 1. The average molecular weight is 370 g/mol. The molecule has 0 fully saturated rings. The molecule has 0 spiro atoms. The van der Waals surface area contributed by atoms with E-state index in [4.69, 9.17) is 12.2 Å². The molecule has 0 saturated carbocycles. The van der Waals surface area contributed by atoms with Gasteiger partial charge < -0.3 is 10.3 Å². The van der Waals surface area contributed by atoms with Gasteiger partial charge in [-0.25, -0.2) is 4.98 Å². The summed E-state index contributed by atoms with van der Waals surface area (Å²) in [4.78, 5) is 19.1. The molecule has 0 unspecified atom stereocenters. The van der Waals surface area contributed by atoms with Crippen LogP contribution < -0.4 is 10.9 Å². The Morgan fingerprint density at radius 3 is 2.64 bits per heavy atom. The summed E-state index contributed by atoms with van der Waals surface area (Å²) in [6.07, 6.45) is 0. The van der Waals surface area contributed by atoms with Crippen molar-refractivity contribution in [3.05, 3.63) is 75.3 Å². The van der Waals surface area contributed by atoms with E-state index in [-0.39, 0.29) is 5.56 Å². The maximum Gasteiger partial charge on any atom is 0.258 e. The van der Waals surface area contributed by atoms with Crippen LogP contribution >= 0.6 is 24.0 Å². The lowest BCUT2D eigenvalue weighted by atomic mass is 10.1. The Bertz CT molecular complexity index is 965. The molecule has 128 valence electrons. The van der Waals surface area contributed by atoms with Crippen LogP contribution in [-0.4, -0.2) is 14.3 Å². The van der Waals surface area contributed by atoms with Crippen LogP contribution in [0.2, 0.25) is 0 Å². The van der Waals surface area contributed by atoms with Crippen molar-refractivity contribution in [2.45, 2.75) is 26.1 Å². The molecule has 25 heavy (non-hydrogen) atoms. The Balaban J connectivity index is 1.59. The summed E-state index contributed by atoms with van der Waals surface area (Å²) in [6, 6.07) is 14.2. The normalized spacial score (nSPS) is 10.8. The molecule has 4 nitrogen and oxygen atoms in total. The third kappa shape index (κ3) is 4.67. The quantitative estimate of drug-likeness (QED) is 0.684. The predicted molar refractivity (Wildman–Crippen MR) is 109 cm³/mol. The van der Waals surface area contributed by atoms with E-state index >= 15 is 0 Å². The molecule has 6 heteroatoms. The van der Waals surface area contributed by atoms with Gasteiger partial charge in [0.2, 0.25) is 0 Å². The van der Waals surface area contributed by atoms with Crippen molar-refractivity contribution in [2.24, 2.45) is 0 Å². The molecule has 0 radical (unpaired) electrons. The number of aromatic amines is 1. The number of nitrogens with one attached hydrogen (secondary N) is 2. The van der Waals surface area contributed by atoms with Crippen LogP contribution in [0.15, 0.2) is 47.3 Å². The Kier molecular flexibility index (Phi) is 5.50. The van der Waals surface area contributed by atoms with Crippen molar-refractivity contribution < 1.29 is 0 Å². The van der Waals surface area contributed by atoms with Gasteiger partial charge in [-0.15, -0.1) is 0 Å². The number of nitrogens with zero attached hydrogens (tertiary/aromatic N) is 1. The number of aryl methyl sites for hydroxylation is 2. The minimum absolute atomic E-state index is 0.110. The third-order valence-electron chi connectivity index (χ3n) is 3.82. The fourth-order valence-corrected chi connectivity index (χ4v) is 3.38. The van der Waals surface area contributed by atoms with Gasteiger partial charge in [0.25, 0.3) is 5.56 Å². The van der Waals surface area contributed by atoms with E-state index in [1.165, 1.54) is 11.1 Å². The van der Waals surface area contributed by atoms with Crippen LogP contribution in [0.4, 0.5) is 0 Å². The highest BCUT2D eigenvalue weighted by atomic mass is 32.2. The molecule has 3 aromatic rings. The lowest BCUT2D eigenvalue weighted by Crippen LogP contribution is -2.18. The minimum Gasteiger partial charge on any atom is -0.367 e. The second kappa shape index (κ2) is 7.80. The largest absolute Gasteiger partial charge is 0.367 e. The Morgan fingerprint density at radius 2 is 1.88 bits per heavy atom. The zero-order valence-corrected chi connectivity index (χ0v) is 15.8. The minimum atomic E-state index is -0.110. The van der Waals surface area contributed by atoms with Crippen molar-refractivity contribution in [1.82, 2.24) is 15.3 Å². The number of aromatic nitrogens is 2. The number of hydrogen-bond donors (Lipinski definition) is 2. The van der Waals surface area contributed by atoms with Crippen LogP contribution in [0, 0.1) is 13.8 Å². The van der Waals surface area contributed by atoms with Gasteiger partial charge in [-0.2, -0.15) is 0 Å². The number of thiocarbonyl (C=S) groups is 1. The maximum atomic E-state index is 12.0. The molecule has 2 N–H and O–H groups in total. The molecule has 0 aliphatic rings. The van der Waals surface area contributed by atoms with Crippen LogP contribution in [0.5, 0.6) is 0 Å². The number of thioether (sulfide) groups is 1. The molecule has 1 heterocycles. The summed E-state index contributed by atoms with van der Waals surface area (Å²) in [5.41, 5.74) is 4.10. The Labute approximate surface area is 156 Å². The summed E-state index contributed by atoms with van der Waals surface area (Å²) in [5, 5.41) is 3.84. The first kappa shape index (κ1) is 17.6. The van der Waals surface area contributed by atoms with Crippen LogP contribution in [0.25, 0.3) is 10.9 Å². The van der Waals surface area contributed by atoms with Gasteiger partial charge in [-0.05, 0) is 37.1 Å². The fraction of sp³-hybridized carbons (Fsp3) is 0.211. The number of hydrogen-bond acceptors (Lipinski definition) is 4. The molecule has 2 aromatic carbocycles. The van der Waals surface area contributed by atoms with Gasteiger partial charge in [-0.3, -0.25) is 4.79 Å². The highest BCUT2D eigenvalue weighted by Gasteiger charge is 2.04. The lowest BCUT2D eigenvalue weighted by Gasteiger charge is -2.09. The molecular formula is C19H19N3OS2. The second-order valence-electron chi connectivity index (χ2n) is 5.92. The van der Waals surface area contributed by atoms with E-state index in [1.807, 2.05) is 18.2 Å². The monoisotopic (exact) mass is 369 g/mol. The van der Waals surface area contributed by atoms with Gasteiger partial charge in [0, 0.05) is 12.3 Å². The van der Waals surface area contributed by atoms with Gasteiger partial charge in [0.05, 0.1) is 10.9 Å². The van der Waals surface area contributed by atoms with Gasteiger partial charge in [0.1, 0.15) is 10.1 Å². The number of fused-ring (bicyclic) bond motifs is 1. The first-order valence-electron chi connectivity index (χ1n) is 7.97. The Morgan fingerprint density at radius 1 is 1.16 bits per heavy atom. The zero-order valence-electron chi connectivity index (χ0n) is 14.1. The van der Waals surface area contributed by atoms with Crippen LogP contribution in [-0.2, 0) is 12.3 Å². The maximum absolute atomic E-state index is 12.0. The zero-order chi connectivity index (χ0) is 17.8. The molecule has 0 aliphatic carbocycles. The fourth-order valence-electron chi connectivity index (χ4n) is 2.47. The summed E-state index contributed by atoms with van der Waals surface area (Å²) >= 11 is 6.99. The molecule has 0 atom stereocenters. The molecule has 0 bridgehead atoms. The summed E-state index contributed by atoms with van der Waals surface area (Å²) < 4.78 is 0.747. The van der Waals surface area contributed by atoms with E-state index in [1.54, 1.807) is 18.7 Å². The lowest BCUT2D eigenvalue weighted by molar-refractivity contribution is 0.940. The van der Waals surface area contributed by atoms with E-state index in [0.29, 0.717) is 23.3 Å². The van der Waals surface area contributed by atoms with Gasteiger partial charge >= 0.3 is 0 Å². The van der Waals surface area contributed by atoms with Crippen molar-refractivity contribution in [1.29, 1.82) is 0 Å². The average Bonchev–Trinajstić information content (AvgIpc) is 2.59. The number of rotatable bonds is 4. The number of benzene rings is 2. The topological polar surface area (TPSA) is 57.8 Å². The molecule has 0 amide bonds. The SMILES string of the molecule is Cc1ccc(CSC(=S)NCc2ccc3nc(C)[nH]c(=O)c3c2)cc1. The standard InChI is InChI=1S/C19H19N3OS2/c1-12-3-5-14(6-4-12)11-25-19(24)20-10-15-7-8-17-16(9-15)18(23)22-13(2)21-17/h3-9H,10-11H2,1-2H3,(H,20,24)(H,21,22,23). The smallest absolute Gasteiger partial charge is 0.258 e. The molecule has 3 rings (SSSR count). The highest BCUT2D eigenvalue weighted by Crippen LogP contribution is 2.15. The predicted octanol–water partition coefficient (Wildman–Crippen LogP) is 3.85. The van der Waals surface area contributed by atoms with E-state index < -0.39 is 0 Å². The summed E-state index contributed by atoms with van der Waals surface area (Å²) in [7, 11) is 0. The Hall–Kier alpha value is -2.18. The molecular weight excluding hydrogens is 350 g/mol. The van der Waals surface area contributed by atoms with Crippen LogP contribution in [0.3, 0.4) is 0 Å². The summed E-state index contributed by atoms with van der Waals surface area (Å²) in [6.45, 7) is 4.44. The van der Waals surface area contributed by atoms with Crippen LogP contribution in [0.1, 0.15) is 22.5 Å². The van der Waals surface area contributed by atoms with Crippen molar-refractivity contribution >= 4 is 39.2 Å². The first-order chi connectivity index (χ1) is 12.0. The van der Waals surface area contributed by atoms with E-state index in [2.05, 4.69) is 46.5 Å². The van der Waals surface area contributed by atoms with Gasteiger partial charge in [0.15, 0.2) is 0 Å². The van der Waals surface area contributed by atoms with Crippen molar-refractivity contribution in [3.8, 4) is 0 Å². The van der Waals surface area contributed by atoms with E-state index in [0.717, 1.165) is 15.6 Å². The third-order valence-corrected chi connectivity index (χ3v) is 5.20. The highest BCUT2D eigenvalue weighted by molar-refractivity contribution is 8.22. The second-order valence-corrected chi connectivity index (χ2v) is 7.57. The molecule has 0 saturated heterocycles. The molecule has 0 aliphatic heterocycles. The van der Waals surface area contributed by atoms with Crippen molar-refractivity contribution in [2.75, 3.05) is 0 Å². The van der Waals surface area contributed by atoms with Crippen molar-refractivity contribution in [3.63, 3.8) is 0 Å².